The SMILES string of the molecule is COc1c(Cl)cc(C)cc1/C(O)=C1\C(=O)C(=O)N(Cc2ccc(F)cc2)C1c1c(C)[nH]c2ccccc12. The Kier molecular flexibility index (Phi) is 6.25. The zero-order valence-corrected chi connectivity index (χ0v) is 21.2. The van der Waals surface area contributed by atoms with Crippen LogP contribution in [0.4, 0.5) is 4.39 Å². The maximum atomic E-state index is 13.6. The Hall–Kier alpha value is -4.10. The number of aryl methyl sites for hydroxylation is 2. The molecule has 0 spiro atoms. The average Bonchev–Trinajstić information content (AvgIpc) is 3.32. The summed E-state index contributed by atoms with van der Waals surface area (Å²) >= 11 is 6.38. The first kappa shape index (κ1) is 24.6. The van der Waals surface area contributed by atoms with E-state index in [1.807, 2.05) is 31.2 Å². The van der Waals surface area contributed by atoms with Gasteiger partial charge >= 0.3 is 0 Å². The normalized spacial score (nSPS) is 17.1. The summed E-state index contributed by atoms with van der Waals surface area (Å²) in [7, 11) is 1.42. The number of para-hydroxylation sites is 1. The van der Waals surface area contributed by atoms with Crippen molar-refractivity contribution in [3.05, 3.63) is 105 Å². The molecule has 8 heteroatoms. The van der Waals surface area contributed by atoms with Crippen molar-refractivity contribution in [2.24, 2.45) is 0 Å². The molecule has 1 unspecified atom stereocenters. The molecule has 4 aromatic rings. The number of benzene rings is 3. The van der Waals surface area contributed by atoms with Crippen LogP contribution < -0.4 is 4.74 Å². The minimum absolute atomic E-state index is 0.0386. The molecule has 0 radical (unpaired) electrons. The van der Waals surface area contributed by atoms with Crippen molar-refractivity contribution < 1.29 is 23.8 Å². The number of ketones is 1. The van der Waals surface area contributed by atoms with Crippen molar-refractivity contribution >= 4 is 40.0 Å². The van der Waals surface area contributed by atoms with Gasteiger partial charge in [0.25, 0.3) is 11.7 Å². The number of aliphatic hydroxyl groups excluding tert-OH is 1. The van der Waals surface area contributed by atoms with E-state index in [-0.39, 0.29) is 34.2 Å². The fraction of sp³-hybridized carbons (Fsp3) is 0.172. The van der Waals surface area contributed by atoms with Crippen LogP contribution >= 0.6 is 11.6 Å². The van der Waals surface area contributed by atoms with Gasteiger partial charge in [0.1, 0.15) is 17.3 Å². The lowest BCUT2D eigenvalue weighted by Crippen LogP contribution is -2.29. The number of aliphatic hydroxyl groups is 1. The lowest BCUT2D eigenvalue weighted by Gasteiger charge is -2.26. The van der Waals surface area contributed by atoms with Gasteiger partial charge in [-0.05, 0) is 55.3 Å². The van der Waals surface area contributed by atoms with Crippen LogP contribution in [-0.2, 0) is 16.1 Å². The van der Waals surface area contributed by atoms with Gasteiger partial charge < -0.3 is 19.7 Å². The molecule has 1 aliphatic heterocycles. The van der Waals surface area contributed by atoms with E-state index in [0.717, 1.165) is 22.2 Å². The van der Waals surface area contributed by atoms with Crippen LogP contribution in [0.1, 0.15) is 34.0 Å². The predicted molar refractivity (Wildman–Crippen MR) is 140 cm³/mol. The Morgan fingerprint density at radius 3 is 2.51 bits per heavy atom. The van der Waals surface area contributed by atoms with E-state index in [1.54, 1.807) is 31.2 Å². The second kappa shape index (κ2) is 9.41. The minimum Gasteiger partial charge on any atom is -0.507 e. The van der Waals surface area contributed by atoms with Gasteiger partial charge in [0, 0.05) is 28.7 Å². The number of ether oxygens (including phenoxy) is 1. The number of aromatic nitrogens is 1. The zero-order chi connectivity index (χ0) is 26.4. The number of carbonyl (C=O) groups is 2. The summed E-state index contributed by atoms with van der Waals surface area (Å²) in [6.07, 6.45) is 0. The number of fused-ring (bicyclic) bond motifs is 1. The highest BCUT2D eigenvalue weighted by Crippen LogP contribution is 2.46. The number of nitrogens with one attached hydrogen (secondary N) is 1. The van der Waals surface area contributed by atoms with Crippen LogP contribution in [-0.4, -0.2) is 33.8 Å². The van der Waals surface area contributed by atoms with E-state index in [2.05, 4.69) is 4.98 Å². The molecule has 1 saturated heterocycles. The van der Waals surface area contributed by atoms with Crippen LogP contribution in [0.2, 0.25) is 5.02 Å². The van der Waals surface area contributed by atoms with E-state index in [4.69, 9.17) is 16.3 Å². The minimum atomic E-state index is -0.912. The molecule has 0 aliphatic carbocycles. The van der Waals surface area contributed by atoms with Crippen molar-refractivity contribution in [1.29, 1.82) is 0 Å². The number of halogens is 2. The van der Waals surface area contributed by atoms with Gasteiger partial charge in [-0.1, -0.05) is 41.9 Å². The van der Waals surface area contributed by atoms with Crippen LogP contribution in [0.3, 0.4) is 0 Å². The first-order chi connectivity index (χ1) is 17.7. The van der Waals surface area contributed by atoms with Crippen molar-refractivity contribution in [3.8, 4) is 5.75 Å². The number of rotatable bonds is 5. The first-order valence-electron chi connectivity index (χ1n) is 11.7. The van der Waals surface area contributed by atoms with Crippen LogP contribution in [0.25, 0.3) is 16.7 Å². The topological polar surface area (TPSA) is 82.6 Å². The number of carbonyl (C=O) groups excluding carboxylic acids is 2. The molecule has 0 saturated carbocycles. The number of methoxy groups -OCH3 is 1. The van der Waals surface area contributed by atoms with Gasteiger partial charge in [-0.2, -0.15) is 0 Å². The average molecular weight is 519 g/mol. The van der Waals surface area contributed by atoms with Crippen molar-refractivity contribution in [1.82, 2.24) is 9.88 Å². The van der Waals surface area contributed by atoms with Crippen molar-refractivity contribution in [2.75, 3.05) is 7.11 Å². The third kappa shape index (κ3) is 4.15. The zero-order valence-electron chi connectivity index (χ0n) is 20.4. The van der Waals surface area contributed by atoms with Crippen LogP contribution in [0.15, 0.2) is 66.2 Å². The van der Waals surface area contributed by atoms with Crippen LogP contribution in [0, 0.1) is 19.7 Å². The van der Waals surface area contributed by atoms with Gasteiger partial charge in [-0.15, -0.1) is 0 Å². The molecule has 1 amide bonds. The van der Waals surface area contributed by atoms with E-state index in [0.29, 0.717) is 11.1 Å². The Balaban J connectivity index is 1.78. The number of aromatic amines is 1. The monoisotopic (exact) mass is 518 g/mol. The molecule has 6 nitrogen and oxygen atoms in total. The maximum Gasteiger partial charge on any atom is 0.295 e. The van der Waals surface area contributed by atoms with Gasteiger partial charge in [-0.25, -0.2) is 4.39 Å². The molecule has 188 valence electrons. The molecule has 1 aromatic heterocycles. The summed E-state index contributed by atoms with van der Waals surface area (Å²) in [5.74, 6) is -2.17. The number of H-pyrrole nitrogens is 1. The van der Waals surface area contributed by atoms with Gasteiger partial charge in [0.15, 0.2) is 0 Å². The molecule has 1 fully saturated rings. The Labute approximate surface area is 217 Å². The number of Topliss-reactive ketones (excluding diaryl/α,β-unsaturated/α-hetero) is 1. The highest BCUT2D eigenvalue weighted by molar-refractivity contribution is 6.46. The fourth-order valence-corrected chi connectivity index (χ4v) is 5.39. The standard InChI is InChI=1S/C29H24ClFN2O4/c1-15-12-20(28(37-3)21(30)13-15)26(34)24-25(23-16(2)32-22-7-5-4-6-19(22)23)33(29(36)27(24)35)14-17-8-10-18(31)11-9-17/h4-13,25,32,34H,14H2,1-3H3/b26-24+. The van der Waals surface area contributed by atoms with E-state index >= 15 is 0 Å². The number of hydrogen-bond donors (Lipinski definition) is 2. The molecule has 5 rings (SSSR count). The van der Waals surface area contributed by atoms with Gasteiger partial charge in [-0.3, -0.25) is 9.59 Å². The maximum absolute atomic E-state index is 13.6. The highest BCUT2D eigenvalue weighted by atomic mass is 35.5. The highest BCUT2D eigenvalue weighted by Gasteiger charge is 2.47. The number of amides is 1. The summed E-state index contributed by atoms with van der Waals surface area (Å²) in [5, 5.41) is 12.7. The summed E-state index contributed by atoms with van der Waals surface area (Å²) in [4.78, 5) is 31.7. The molecule has 2 heterocycles. The first-order valence-corrected chi connectivity index (χ1v) is 12.0. The van der Waals surface area contributed by atoms with E-state index in [1.165, 1.54) is 24.1 Å². The number of hydrogen-bond acceptors (Lipinski definition) is 4. The second-order valence-corrected chi connectivity index (χ2v) is 9.50. The molecular formula is C29H24ClFN2O4. The molecule has 1 aliphatic rings. The van der Waals surface area contributed by atoms with Crippen LogP contribution in [0.5, 0.6) is 5.75 Å². The molecule has 0 bridgehead atoms. The lowest BCUT2D eigenvalue weighted by atomic mass is 9.92. The fourth-order valence-electron chi connectivity index (χ4n) is 5.04. The smallest absolute Gasteiger partial charge is 0.295 e. The van der Waals surface area contributed by atoms with Crippen molar-refractivity contribution in [3.63, 3.8) is 0 Å². The summed E-state index contributed by atoms with van der Waals surface area (Å²) in [5.41, 5.74) is 3.80. The Bertz CT molecular complexity index is 1590. The lowest BCUT2D eigenvalue weighted by molar-refractivity contribution is -0.140. The third-order valence-corrected chi connectivity index (χ3v) is 6.95. The molecule has 37 heavy (non-hydrogen) atoms. The number of likely N-dealkylation sites (tertiary alicyclic amines) is 1. The van der Waals surface area contributed by atoms with E-state index < -0.39 is 23.5 Å². The summed E-state index contributed by atoms with van der Waals surface area (Å²) in [6, 6.07) is 15.7. The third-order valence-electron chi connectivity index (χ3n) is 6.67. The molecule has 2 N–H and O–H groups in total. The predicted octanol–water partition coefficient (Wildman–Crippen LogP) is 6.21. The van der Waals surface area contributed by atoms with Gasteiger partial charge in [0.2, 0.25) is 0 Å². The quantitative estimate of drug-likeness (QED) is 0.187. The molecular weight excluding hydrogens is 495 g/mol. The molecule has 1 atom stereocenters. The van der Waals surface area contributed by atoms with Crippen molar-refractivity contribution in [2.45, 2.75) is 26.4 Å². The number of nitrogens with zero attached hydrogens (tertiary/aromatic N) is 1. The Morgan fingerprint density at radius 1 is 1.11 bits per heavy atom. The summed E-state index contributed by atoms with van der Waals surface area (Å²) < 4.78 is 19.0. The van der Waals surface area contributed by atoms with E-state index in [9.17, 15) is 19.1 Å². The Morgan fingerprint density at radius 2 is 1.81 bits per heavy atom. The molecule has 3 aromatic carbocycles. The summed E-state index contributed by atoms with van der Waals surface area (Å²) in [6.45, 7) is 3.70. The van der Waals surface area contributed by atoms with Gasteiger partial charge in [0.05, 0.1) is 29.3 Å². The largest absolute Gasteiger partial charge is 0.507 e. The second-order valence-electron chi connectivity index (χ2n) is 9.09.